The second kappa shape index (κ2) is 6.24. The Morgan fingerprint density at radius 3 is 3.00 bits per heavy atom. The Hall–Kier alpha value is -1.29. The smallest absolute Gasteiger partial charge is 0.220 e. The van der Waals surface area contributed by atoms with E-state index in [1.807, 2.05) is 19.1 Å². The van der Waals surface area contributed by atoms with E-state index in [9.17, 15) is 4.79 Å². The van der Waals surface area contributed by atoms with E-state index in [0.717, 1.165) is 18.6 Å². The van der Waals surface area contributed by atoms with E-state index in [0.29, 0.717) is 13.0 Å². The highest BCUT2D eigenvalue weighted by Crippen LogP contribution is 2.12. The Labute approximate surface area is 89.8 Å². The van der Waals surface area contributed by atoms with Crippen LogP contribution < -0.4 is 11.1 Å². The number of furan rings is 1. The molecule has 0 aliphatic heterocycles. The second-order valence-electron chi connectivity index (χ2n) is 3.55. The number of nitrogens with two attached hydrogens (primary N) is 1. The molecule has 84 valence electrons. The van der Waals surface area contributed by atoms with Crippen molar-refractivity contribution < 1.29 is 9.21 Å². The summed E-state index contributed by atoms with van der Waals surface area (Å²) in [6, 6.07) is 3.60. The molecule has 15 heavy (non-hydrogen) atoms. The van der Waals surface area contributed by atoms with Gasteiger partial charge < -0.3 is 15.5 Å². The SMILES string of the molecule is C[C@H](NC(=O)CCCCN)c1ccco1. The molecule has 1 amide bonds. The average Bonchev–Trinajstić information content (AvgIpc) is 2.70. The maximum Gasteiger partial charge on any atom is 0.220 e. The lowest BCUT2D eigenvalue weighted by Crippen LogP contribution is -2.26. The van der Waals surface area contributed by atoms with Crippen molar-refractivity contribution in [2.75, 3.05) is 6.54 Å². The van der Waals surface area contributed by atoms with E-state index in [1.54, 1.807) is 6.26 Å². The molecule has 0 saturated heterocycles. The third-order valence-electron chi connectivity index (χ3n) is 2.21. The molecule has 1 atom stereocenters. The number of hydrogen-bond donors (Lipinski definition) is 2. The number of rotatable bonds is 6. The summed E-state index contributed by atoms with van der Waals surface area (Å²) in [5, 5.41) is 2.87. The van der Waals surface area contributed by atoms with Crippen LogP contribution >= 0.6 is 0 Å². The lowest BCUT2D eigenvalue weighted by molar-refractivity contribution is -0.121. The van der Waals surface area contributed by atoms with Crippen LogP contribution in [-0.2, 0) is 4.79 Å². The van der Waals surface area contributed by atoms with Crippen molar-refractivity contribution in [1.82, 2.24) is 5.32 Å². The number of unbranched alkanes of at least 4 members (excludes halogenated alkanes) is 1. The van der Waals surface area contributed by atoms with Crippen LogP contribution in [0.2, 0.25) is 0 Å². The zero-order valence-electron chi connectivity index (χ0n) is 9.03. The van der Waals surface area contributed by atoms with Crippen molar-refractivity contribution in [3.63, 3.8) is 0 Å². The van der Waals surface area contributed by atoms with Gasteiger partial charge in [-0.05, 0) is 38.4 Å². The van der Waals surface area contributed by atoms with Crippen LogP contribution in [0.15, 0.2) is 22.8 Å². The predicted molar refractivity (Wildman–Crippen MR) is 58.2 cm³/mol. The van der Waals surface area contributed by atoms with Gasteiger partial charge in [-0.2, -0.15) is 0 Å². The van der Waals surface area contributed by atoms with Crippen LogP contribution in [0.1, 0.15) is 38.0 Å². The monoisotopic (exact) mass is 210 g/mol. The van der Waals surface area contributed by atoms with Gasteiger partial charge in [-0.1, -0.05) is 0 Å². The third-order valence-corrected chi connectivity index (χ3v) is 2.21. The standard InChI is InChI=1S/C11H18N2O2/c1-9(10-5-4-8-15-10)13-11(14)6-2-3-7-12/h4-5,8-9H,2-3,6-7,12H2,1H3,(H,13,14)/t9-/m0/s1. The summed E-state index contributed by atoms with van der Waals surface area (Å²) in [4.78, 5) is 11.4. The first-order valence-electron chi connectivity index (χ1n) is 5.27. The molecule has 0 spiro atoms. The fraction of sp³-hybridized carbons (Fsp3) is 0.545. The molecule has 4 nitrogen and oxygen atoms in total. The maximum absolute atomic E-state index is 11.4. The van der Waals surface area contributed by atoms with Gasteiger partial charge in [0.25, 0.3) is 0 Å². The Morgan fingerprint density at radius 2 is 2.40 bits per heavy atom. The third kappa shape index (κ3) is 4.16. The van der Waals surface area contributed by atoms with E-state index in [1.165, 1.54) is 0 Å². The molecule has 4 heteroatoms. The largest absolute Gasteiger partial charge is 0.467 e. The van der Waals surface area contributed by atoms with Gasteiger partial charge in [0, 0.05) is 6.42 Å². The topological polar surface area (TPSA) is 68.3 Å². The summed E-state index contributed by atoms with van der Waals surface area (Å²) in [6.07, 6.45) is 3.87. The predicted octanol–water partition coefficient (Wildman–Crippen LogP) is 1.59. The molecule has 1 aromatic rings. The highest BCUT2D eigenvalue weighted by molar-refractivity contribution is 5.76. The molecule has 0 unspecified atom stereocenters. The van der Waals surface area contributed by atoms with Crippen LogP contribution in [0, 0.1) is 0 Å². The van der Waals surface area contributed by atoms with Crippen molar-refractivity contribution in [3.8, 4) is 0 Å². The van der Waals surface area contributed by atoms with Crippen molar-refractivity contribution in [2.45, 2.75) is 32.2 Å². The second-order valence-corrected chi connectivity index (χ2v) is 3.55. The summed E-state index contributed by atoms with van der Waals surface area (Å²) in [5.74, 6) is 0.828. The molecule has 1 aromatic heterocycles. The molecule has 0 aromatic carbocycles. The van der Waals surface area contributed by atoms with Crippen molar-refractivity contribution in [3.05, 3.63) is 24.2 Å². The zero-order chi connectivity index (χ0) is 11.1. The summed E-state index contributed by atoms with van der Waals surface area (Å²) < 4.78 is 5.19. The molecule has 0 radical (unpaired) electrons. The molecule has 0 bridgehead atoms. The number of hydrogen-bond acceptors (Lipinski definition) is 3. The van der Waals surface area contributed by atoms with E-state index < -0.39 is 0 Å². The number of carbonyl (C=O) groups excluding carboxylic acids is 1. The lowest BCUT2D eigenvalue weighted by atomic mass is 10.2. The van der Waals surface area contributed by atoms with Gasteiger partial charge in [-0.3, -0.25) is 4.79 Å². The van der Waals surface area contributed by atoms with E-state index in [4.69, 9.17) is 10.2 Å². The molecular formula is C11H18N2O2. The highest BCUT2D eigenvalue weighted by Gasteiger charge is 2.10. The van der Waals surface area contributed by atoms with Gasteiger partial charge in [0.05, 0.1) is 12.3 Å². The van der Waals surface area contributed by atoms with Gasteiger partial charge in [-0.25, -0.2) is 0 Å². The minimum Gasteiger partial charge on any atom is -0.467 e. The summed E-state index contributed by atoms with van der Waals surface area (Å²) >= 11 is 0. The molecule has 1 heterocycles. The summed E-state index contributed by atoms with van der Waals surface area (Å²) in [5.41, 5.74) is 5.35. The first-order valence-corrected chi connectivity index (χ1v) is 5.27. The summed E-state index contributed by atoms with van der Waals surface area (Å²) in [6.45, 7) is 2.54. The van der Waals surface area contributed by atoms with Crippen LogP contribution in [0.25, 0.3) is 0 Å². The normalized spacial score (nSPS) is 12.4. The van der Waals surface area contributed by atoms with E-state index >= 15 is 0 Å². The molecule has 0 aliphatic rings. The first kappa shape index (κ1) is 11.8. The van der Waals surface area contributed by atoms with E-state index in [2.05, 4.69) is 5.32 Å². The van der Waals surface area contributed by atoms with Gasteiger partial charge in [0.2, 0.25) is 5.91 Å². The number of carbonyl (C=O) groups is 1. The quantitative estimate of drug-likeness (QED) is 0.700. The maximum atomic E-state index is 11.4. The van der Waals surface area contributed by atoms with Crippen molar-refractivity contribution in [1.29, 1.82) is 0 Å². The highest BCUT2D eigenvalue weighted by atomic mass is 16.3. The van der Waals surface area contributed by atoms with E-state index in [-0.39, 0.29) is 11.9 Å². The molecular weight excluding hydrogens is 192 g/mol. The summed E-state index contributed by atoms with van der Waals surface area (Å²) in [7, 11) is 0. The van der Waals surface area contributed by atoms with Gasteiger partial charge in [0.15, 0.2) is 0 Å². The van der Waals surface area contributed by atoms with Crippen LogP contribution in [-0.4, -0.2) is 12.5 Å². The Bertz CT molecular complexity index is 283. The molecule has 3 N–H and O–H groups in total. The average molecular weight is 210 g/mol. The molecule has 0 saturated carbocycles. The van der Waals surface area contributed by atoms with Gasteiger partial charge in [0.1, 0.15) is 5.76 Å². The Morgan fingerprint density at radius 1 is 1.60 bits per heavy atom. The molecule has 1 rings (SSSR count). The van der Waals surface area contributed by atoms with Crippen molar-refractivity contribution in [2.24, 2.45) is 5.73 Å². The molecule has 0 fully saturated rings. The lowest BCUT2D eigenvalue weighted by Gasteiger charge is -2.10. The fourth-order valence-electron chi connectivity index (χ4n) is 1.35. The van der Waals surface area contributed by atoms with Crippen LogP contribution in [0.3, 0.4) is 0 Å². The van der Waals surface area contributed by atoms with Gasteiger partial charge >= 0.3 is 0 Å². The fourth-order valence-corrected chi connectivity index (χ4v) is 1.35. The minimum absolute atomic E-state index is 0.0485. The number of amides is 1. The Kier molecular flexibility index (Phi) is 4.90. The van der Waals surface area contributed by atoms with Crippen LogP contribution in [0.4, 0.5) is 0 Å². The van der Waals surface area contributed by atoms with Gasteiger partial charge in [-0.15, -0.1) is 0 Å². The zero-order valence-corrected chi connectivity index (χ0v) is 9.03. The first-order chi connectivity index (χ1) is 7.24. The van der Waals surface area contributed by atoms with Crippen LogP contribution in [0.5, 0.6) is 0 Å². The minimum atomic E-state index is -0.0645. The number of nitrogens with one attached hydrogen (secondary N) is 1. The molecule has 0 aliphatic carbocycles. The van der Waals surface area contributed by atoms with Crippen molar-refractivity contribution >= 4 is 5.91 Å². The Balaban J connectivity index is 2.26.